The molecule has 0 fully saturated rings. The van der Waals surface area contributed by atoms with E-state index in [9.17, 15) is 9.59 Å². The van der Waals surface area contributed by atoms with Crippen molar-refractivity contribution in [3.63, 3.8) is 0 Å². The summed E-state index contributed by atoms with van der Waals surface area (Å²) in [4.78, 5) is 20.8. The van der Waals surface area contributed by atoms with E-state index < -0.39 is 12.1 Å². The quantitative estimate of drug-likeness (QED) is 0.657. The topological polar surface area (TPSA) is 79.5 Å². The molecule has 2 N–H and O–H groups in total. The predicted octanol–water partition coefficient (Wildman–Crippen LogP) is 1.02. The van der Waals surface area contributed by atoms with Crippen LogP contribution in [0.25, 0.3) is 0 Å². The minimum Gasteiger partial charge on any atom is -0.478 e. The highest BCUT2D eigenvalue weighted by molar-refractivity contribution is 5.88. The molecule has 0 spiro atoms. The van der Waals surface area contributed by atoms with Crippen molar-refractivity contribution < 1.29 is 19.8 Å². The number of aryl methyl sites for hydroxylation is 1. The second-order valence-electron chi connectivity index (χ2n) is 2.33. The maximum Gasteiger partial charge on any atom is 0.415 e. The molecule has 1 aromatic heterocycles. The molecule has 0 amide bonds. The number of carbonyl (C=O) groups is 2. The zero-order valence-electron chi connectivity index (χ0n) is 6.31. The molecule has 0 radical (unpaired) electrons. The van der Waals surface area contributed by atoms with Gasteiger partial charge in [0.05, 0.1) is 5.56 Å². The number of carboxylic acid groups (broad SMARTS) is 2. The van der Waals surface area contributed by atoms with Gasteiger partial charge in [-0.25, -0.2) is 9.59 Å². The number of nitrogens with zero attached hydrogens (tertiary/aromatic N) is 1. The third-order valence-corrected chi connectivity index (χ3v) is 1.47. The summed E-state index contributed by atoms with van der Waals surface area (Å²) in [7, 11) is 0. The van der Waals surface area contributed by atoms with Crippen molar-refractivity contribution in [1.29, 1.82) is 0 Å². The maximum absolute atomic E-state index is 10.4. The van der Waals surface area contributed by atoms with Crippen molar-refractivity contribution >= 4 is 12.1 Å². The van der Waals surface area contributed by atoms with Gasteiger partial charge in [-0.2, -0.15) is 0 Å². The summed E-state index contributed by atoms with van der Waals surface area (Å²) in [6.07, 6.45) is -0.111. The molecule has 64 valence electrons. The van der Waals surface area contributed by atoms with Crippen LogP contribution in [0.4, 0.5) is 4.79 Å². The lowest BCUT2D eigenvalue weighted by Gasteiger charge is -1.94. The molecule has 1 rings (SSSR count). The van der Waals surface area contributed by atoms with E-state index in [4.69, 9.17) is 10.2 Å². The highest BCUT2D eigenvalue weighted by Gasteiger charge is 2.11. The molecule has 0 aliphatic rings. The van der Waals surface area contributed by atoms with E-state index in [1.807, 2.05) is 0 Å². The summed E-state index contributed by atoms with van der Waals surface area (Å²) in [5.74, 6) is -1.13. The lowest BCUT2D eigenvalue weighted by atomic mass is 10.3. The summed E-state index contributed by atoms with van der Waals surface area (Å²) >= 11 is 0. The van der Waals surface area contributed by atoms with Crippen LogP contribution in [0.15, 0.2) is 12.3 Å². The van der Waals surface area contributed by atoms with Gasteiger partial charge in [-0.05, 0) is 13.0 Å². The van der Waals surface area contributed by atoms with Gasteiger partial charge in [0.2, 0.25) is 0 Å². The molecule has 1 heterocycles. The smallest absolute Gasteiger partial charge is 0.415 e. The molecule has 0 unspecified atom stereocenters. The van der Waals surface area contributed by atoms with Crippen LogP contribution in [0.1, 0.15) is 16.1 Å². The SMILES string of the molecule is Cc1cc(C(=O)O)cn1C(=O)O. The van der Waals surface area contributed by atoms with Crippen molar-refractivity contribution in [3.05, 3.63) is 23.5 Å². The van der Waals surface area contributed by atoms with Crippen molar-refractivity contribution in [1.82, 2.24) is 4.57 Å². The Balaban J connectivity index is 3.17. The van der Waals surface area contributed by atoms with Gasteiger partial charge in [0, 0.05) is 11.9 Å². The average molecular weight is 169 g/mol. The predicted molar refractivity (Wildman–Crippen MR) is 39.6 cm³/mol. The van der Waals surface area contributed by atoms with Crippen LogP contribution in [0, 0.1) is 6.92 Å². The number of aromatic nitrogens is 1. The molecular formula is C7H7NO4. The van der Waals surface area contributed by atoms with Crippen molar-refractivity contribution in [2.45, 2.75) is 6.92 Å². The molecule has 0 aliphatic carbocycles. The van der Waals surface area contributed by atoms with Gasteiger partial charge in [0.15, 0.2) is 0 Å². The van der Waals surface area contributed by atoms with Crippen molar-refractivity contribution in [2.24, 2.45) is 0 Å². The fourth-order valence-electron chi connectivity index (χ4n) is 0.896. The first-order valence-electron chi connectivity index (χ1n) is 3.18. The number of hydrogen-bond donors (Lipinski definition) is 2. The standard InChI is InChI=1S/C7H7NO4/c1-4-2-5(6(9)10)3-8(4)7(11)12/h2-3H,1H3,(H,9,10)(H,11,12). The van der Waals surface area contributed by atoms with E-state index in [0.29, 0.717) is 5.69 Å². The fraction of sp³-hybridized carbons (Fsp3) is 0.143. The average Bonchev–Trinajstić information content (AvgIpc) is 2.30. The Labute approximate surface area is 67.9 Å². The summed E-state index contributed by atoms with van der Waals surface area (Å²) < 4.78 is 0.865. The molecule has 0 bridgehead atoms. The number of hydrogen-bond acceptors (Lipinski definition) is 2. The zero-order valence-corrected chi connectivity index (χ0v) is 6.31. The van der Waals surface area contributed by atoms with Gasteiger partial charge in [0.25, 0.3) is 0 Å². The Morgan fingerprint density at radius 3 is 2.25 bits per heavy atom. The summed E-state index contributed by atoms with van der Waals surface area (Å²) in [6, 6.07) is 1.30. The summed E-state index contributed by atoms with van der Waals surface area (Å²) in [5.41, 5.74) is 0.370. The molecule has 5 nitrogen and oxygen atoms in total. The highest BCUT2D eigenvalue weighted by Crippen LogP contribution is 2.06. The molecule has 0 saturated carbocycles. The zero-order chi connectivity index (χ0) is 9.30. The second kappa shape index (κ2) is 2.69. The third-order valence-electron chi connectivity index (χ3n) is 1.47. The normalized spacial score (nSPS) is 9.75. The Morgan fingerprint density at radius 2 is 2.00 bits per heavy atom. The van der Waals surface area contributed by atoms with Gasteiger partial charge >= 0.3 is 12.1 Å². The number of carboxylic acids is 1. The van der Waals surface area contributed by atoms with Gasteiger partial charge in [-0.15, -0.1) is 0 Å². The monoisotopic (exact) mass is 169 g/mol. The van der Waals surface area contributed by atoms with E-state index in [1.165, 1.54) is 13.0 Å². The summed E-state index contributed by atoms with van der Waals surface area (Å²) in [6.45, 7) is 1.53. The van der Waals surface area contributed by atoms with Crippen LogP contribution in [-0.2, 0) is 0 Å². The minimum atomic E-state index is -1.18. The minimum absolute atomic E-state index is 0.0186. The molecule has 5 heteroatoms. The van der Waals surface area contributed by atoms with E-state index >= 15 is 0 Å². The number of aromatic carboxylic acids is 1. The molecule has 0 saturated heterocycles. The van der Waals surface area contributed by atoms with Crippen LogP contribution in [0.3, 0.4) is 0 Å². The van der Waals surface area contributed by atoms with E-state index in [2.05, 4.69) is 0 Å². The Kier molecular flexibility index (Phi) is 1.86. The maximum atomic E-state index is 10.4. The Morgan fingerprint density at radius 1 is 1.42 bits per heavy atom. The van der Waals surface area contributed by atoms with Crippen LogP contribution in [0.2, 0.25) is 0 Å². The fourth-order valence-corrected chi connectivity index (χ4v) is 0.896. The third kappa shape index (κ3) is 1.29. The van der Waals surface area contributed by atoms with Gasteiger partial charge in [-0.3, -0.25) is 4.57 Å². The largest absolute Gasteiger partial charge is 0.478 e. The van der Waals surface area contributed by atoms with Gasteiger partial charge in [-0.1, -0.05) is 0 Å². The summed E-state index contributed by atoms with van der Waals surface area (Å²) in [5, 5.41) is 17.0. The Bertz CT molecular complexity index is 339. The molecular weight excluding hydrogens is 162 g/mol. The molecule has 0 aliphatic heterocycles. The van der Waals surface area contributed by atoms with E-state index in [1.54, 1.807) is 0 Å². The van der Waals surface area contributed by atoms with Crippen LogP contribution < -0.4 is 0 Å². The first-order valence-corrected chi connectivity index (χ1v) is 3.18. The lowest BCUT2D eigenvalue weighted by Crippen LogP contribution is -2.07. The molecule has 0 atom stereocenters. The molecule has 0 aromatic carbocycles. The first-order chi connectivity index (χ1) is 5.52. The van der Waals surface area contributed by atoms with Crippen molar-refractivity contribution in [3.8, 4) is 0 Å². The van der Waals surface area contributed by atoms with Gasteiger partial charge in [0.1, 0.15) is 0 Å². The van der Waals surface area contributed by atoms with Crippen molar-refractivity contribution in [2.75, 3.05) is 0 Å². The lowest BCUT2D eigenvalue weighted by molar-refractivity contribution is 0.0697. The Hall–Kier alpha value is -1.78. The second-order valence-corrected chi connectivity index (χ2v) is 2.33. The van der Waals surface area contributed by atoms with E-state index in [0.717, 1.165) is 10.8 Å². The van der Waals surface area contributed by atoms with Gasteiger partial charge < -0.3 is 10.2 Å². The highest BCUT2D eigenvalue weighted by atomic mass is 16.4. The molecule has 12 heavy (non-hydrogen) atoms. The molecule has 1 aromatic rings. The van der Waals surface area contributed by atoms with Crippen LogP contribution in [-0.4, -0.2) is 26.8 Å². The van der Waals surface area contributed by atoms with E-state index in [-0.39, 0.29) is 5.56 Å². The van der Waals surface area contributed by atoms with Crippen LogP contribution >= 0.6 is 0 Å². The van der Waals surface area contributed by atoms with Crippen LogP contribution in [0.5, 0.6) is 0 Å². The number of rotatable bonds is 1. The first kappa shape index (κ1) is 8.32.